The predicted molar refractivity (Wildman–Crippen MR) is 83.2 cm³/mol. The molecular weight excluding hydrogens is 295 g/mol. The van der Waals surface area contributed by atoms with Crippen LogP contribution in [0.25, 0.3) is 0 Å². The molecule has 3 N–H and O–H groups in total. The zero-order valence-electron chi connectivity index (χ0n) is 11.1. The van der Waals surface area contributed by atoms with Crippen LogP contribution in [0.3, 0.4) is 0 Å². The smallest absolute Gasteiger partial charge is 0.122 e. The second-order valence-corrected chi connectivity index (χ2v) is 5.22. The van der Waals surface area contributed by atoms with Gasteiger partial charge in [0, 0.05) is 0 Å². The van der Waals surface area contributed by atoms with Crippen molar-refractivity contribution >= 4 is 23.2 Å². The average molecular weight is 311 g/mol. The molecule has 0 fully saturated rings. The number of nitrogens with one attached hydrogen (secondary N) is 1. The van der Waals surface area contributed by atoms with Gasteiger partial charge in [0.05, 0.1) is 23.2 Å². The monoisotopic (exact) mass is 310 g/mol. The number of halogens is 2. The van der Waals surface area contributed by atoms with Gasteiger partial charge in [-0.2, -0.15) is 0 Å². The lowest BCUT2D eigenvalue weighted by Crippen LogP contribution is -2.29. The molecule has 0 spiro atoms. The van der Waals surface area contributed by atoms with Crippen molar-refractivity contribution in [2.75, 3.05) is 7.11 Å². The van der Waals surface area contributed by atoms with Crippen molar-refractivity contribution in [3.8, 4) is 5.75 Å². The number of hydrogen-bond donors (Lipinski definition) is 2. The Morgan fingerprint density at radius 2 is 1.90 bits per heavy atom. The van der Waals surface area contributed by atoms with E-state index in [0.29, 0.717) is 16.5 Å². The van der Waals surface area contributed by atoms with E-state index in [2.05, 4.69) is 5.43 Å². The van der Waals surface area contributed by atoms with Crippen LogP contribution in [0.5, 0.6) is 5.75 Å². The summed E-state index contributed by atoms with van der Waals surface area (Å²) in [6.45, 7) is 0. The molecule has 0 heterocycles. The van der Waals surface area contributed by atoms with E-state index in [-0.39, 0.29) is 6.04 Å². The van der Waals surface area contributed by atoms with Gasteiger partial charge in [-0.1, -0.05) is 47.5 Å². The van der Waals surface area contributed by atoms with Gasteiger partial charge in [0.25, 0.3) is 0 Å². The summed E-state index contributed by atoms with van der Waals surface area (Å²) in [5.74, 6) is 6.51. The van der Waals surface area contributed by atoms with Crippen molar-refractivity contribution in [2.24, 2.45) is 5.84 Å². The lowest BCUT2D eigenvalue weighted by atomic mass is 9.99. The fraction of sp³-hybridized carbons (Fsp3) is 0.200. The van der Waals surface area contributed by atoms with Crippen LogP contribution in [0.15, 0.2) is 42.5 Å². The summed E-state index contributed by atoms with van der Waals surface area (Å²) in [6.07, 6.45) is 0.693. The third-order valence-corrected chi connectivity index (χ3v) is 3.90. The van der Waals surface area contributed by atoms with Crippen molar-refractivity contribution in [1.82, 2.24) is 5.43 Å². The molecule has 3 nitrogen and oxygen atoms in total. The van der Waals surface area contributed by atoms with Crippen LogP contribution >= 0.6 is 23.2 Å². The minimum atomic E-state index is -0.0685. The SMILES string of the molecule is COc1ccccc1CC(NN)c1ccc(Cl)c(Cl)c1. The standard InChI is InChI=1S/C15H16Cl2N2O/c1-20-15-5-3-2-4-11(15)9-14(19-18)10-6-7-12(16)13(17)8-10/h2-8,14,19H,9,18H2,1H3. The van der Waals surface area contributed by atoms with E-state index in [0.717, 1.165) is 16.9 Å². The summed E-state index contributed by atoms with van der Waals surface area (Å²) in [6, 6.07) is 13.3. The van der Waals surface area contributed by atoms with E-state index in [9.17, 15) is 0 Å². The lowest BCUT2D eigenvalue weighted by Gasteiger charge is -2.18. The predicted octanol–water partition coefficient (Wildman–Crippen LogP) is 3.75. The second kappa shape index (κ2) is 6.95. The van der Waals surface area contributed by atoms with Gasteiger partial charge in [0.15, 0.2) is 0 Å². The molecule has 0 amide bonds. The highest BCUT2D eigenvalue weighted by molar-refractivity contribution is 6.42. The molecule has 0 aliphatic heterocycles. The van der Waals surface area contributed by atoms with Crippen LogP contribution in [0, 0.1) is 0 Å². The minimum Gasteiger partial charge on any atom is -0.496 e. The Morgan fingerprint density at radius 1 is 1.15 bits per heavy atom. The number of methoxy groups -OCH3 is 1. The summed E-state index contributed by atoms with van der Waals surface area (Å²) in [7, 11) is 1.66. The van der Waals surface area contributed by atoms with E-state index < -0.39 is 0 Å². The highest BCUT2D eigenvalue weighted by atomic mass is 35.5. The van der Waals surface area contributed by atoms with Crippen LogP contribution in [-0.2, 0) is 6.42 Å². The Balaban J connectivity index is 2.26. The van der Waals surface area contributed by atoms with Crippen LogP contribution in [0.1, 0.15) is 17.2 Å². The van der Waals surface area contributed by atoms with Crippen LogP contribution in [0.2, 0.25) is 10.0 Å². The fourth-order valence-corrected chi connectivity index (χ4v) is 2.40. The molecule has 0 saturated carbocycles. The van der Waals surface area contributed by atoms with Gasteiger partial charge in [0.1, 0.15) is 5.75 Å². The first-order chi connectivity index (χ1) is 9.65. The highest BCUT2D eigenvalue weighted by Gasteiger charge is 2.14. The maximum atomic E-state index is 6.05. The number of hydrogen-bond acceptors (Lipinski definition) is 3. The molecule has 5 heteroatoms. The Hall–Kier alpha value is -1.26. The van der Waals surface area contributed by atoms with Crippen molar-refractivity contribution in [3.05, 3.63) is 63.6 Å². The van der Waals surface area contributed by atoms with E-state index in [1.165, 1.54) is 0 Å². The molecule has 2 rings (SSSR count). The molecule has 0 aromatic heterocycles. The van der Waals surface area contributed by atoms with Crippen LogP contribution < -0.4 is 16.0 Å². The molecule has 0 bridgehead atoms. The molecule has 1 unspecified atom stereocenters. The van der Waals surface area contributed by atoms with Crippen LogP contribution in [0.4, 0.5) is 0 Å². The topological polar surface area (TPSA) is 47.3 Å². The van der Waals surface area contributed by atoms with E-state index in [4.69, 9.17) is 33.8 Å². The van der Waals surface area contributed by atoms with Crippen molar-refractivity contribution in [1.29, 1.82) is 0 Å². The molecule has 0 saturated heterocycles. The summed E-state index contributed by atoms with van der Waals surface area (Å²) in [5, 5.41) is 1.05. The molecule has 20 heavy (non-hydrogen) atoms. The van der Waals surface area contributed by atoms with Gasteiger partial charge >= 0.3 is 0 Å². The lowest BCUT2D eigenvalue weighted by molar-refractivity contribution is 0.405. The largest absolute Gasteiger partial charge is 0.496 e. The van der Waals surface area contributed by atoms with Gasteiger partial charge in [-0.25, -0.2) is 0 Å². The van der Waals surface area contributed by atoms with Crippen LogP contribution in [-0.4, -0.2) is 7.11 Å². The Kier molecular flexibility index (Phi) is 5.26. The average Bonchev–Trinajstić information content (AvgIpc) is 2.48. The number of rotatable bonds is 5. The number of nitrogens with two attached hydrogens (primary N) is 1. The minimum absolute atomic E-state index is 0.0685. The third-order valence-electron chi connectivity index (χ3n) is 3.16. The normalized spacial score (nSPS) is 12.2. The zero-order valence-corrected chi connectivity index (χ0v) is 12.6. The first-order valence-corrected chi connectivity index (χ1v) is 6.94. The van der Waals surface area contributed by atoms with Gasteiger partial charge in [-0.15, -0.1) is 0 Å². The molecule has 2 aromatic carbocycles. The summed E-state index contributed by atoms with van der Waals surface area (Å²) in [5.41, 5.74) is 4.86. The molecule has 106 valence electrons. The van der Waals surface area contributed by atoms with E-state index >= 15 is 0 Å². The first kappa shape index (κ1) is 15.1. The number of para-hydroxylation sites is 1. The fourth-order valence-electron chi connectivity index (χ4n) is 2.09. The summed E-state index contributed by atoms with van der Waals surface area (Å²) in [4.78, 5) is 0. The summed E-state index contributed by atoms with van der Waals surface area (Å²) < 4.78 is 5.35. The number of ether oxygens (including phenoxy) is 1. The van der Waals surface area contributed by atoms with Crippen molar-refractivity contribution < 1.29 is 4.74 Å². The van der Waals surface area contributed by atoms with Gasteiger partial charge in [-0.05, 0) is 35.7 Å². The first-order valence-electron chi connectivity index (χ1n) is 6.18. The second-order valence-electron chi connectivity index (χ2n) is 4.41. The van der Waals surface area contributed by atoms with Crippen molar-refractivity contribution in [3.63, 3.8) is 0 Å². The molecule has 1 atom stereocenters. The van der Waals surface area contributed by atoms with E-state index in [1.807, 2.05) is 36.4 Å². The molecule has 2 aromatic rings. The molecular formula is C15H16Cl2N2O. The zero-order chi connectivity index (χ0) is 14.5. The Labute approximate surface area is 128 Å². The number of hydrazine groups is 1. The Bertz CT molecular complexity index is 590. The Morgan fingerprint density at radius 3 is 2.55 bits per heavy atom. The van der Waals surface area contributed by atoms with Gasteiger partial charge < -0.3 is 4.74 Å². The molecule has 0 radical (unpaired) electrons. The molecule has 0 aliphatic carbocycles. The summed E-state index contributed by atoms with van der Waals surface area (Å²) >= 11 is 12.0. The van der Waals surface area contributed by atoms with Gasteiger partial charge in [-0.3, -0.25) is 11.3 Å². The quantitative estimate of drug-likeness (QED) is 0.653. The maximum Gasteiger partial charge on any atom is 0.122 e. The maximum absolute atomic E-state index is 6.05. The highest BCUT2D eigenvalue weighted by Crippen LogP contribution is 2.29. The van der Waals surface area contributed by atoms with Gasteiger partial charge in [0.2, 0.25) is 0 Å². The van der Waals surface area contributed by atoms with E-state index in [1.54, 1.807) is 13.2 Å². The third kappa shape index (κ3) is 3.44. The van der Waals surface area contributed by atoms with Crippen molar-refractivity contribution in [2.45, 2.75) is 12.5 Å². The molecule has 0 aliphatic rings. The number of benzene rings is 2.